The van der Waals surface area contributed by atoms with Crippen LogP contribution in [0.15, 0.2) is 6.33 Å². The molecule has 0 aliphatic carbocycles. The molecular formula is C6H7F3N4. The lowest BCUT2D eigenvalue weighted by Crippen LogP contribution is -2.34. The number of aromatic nitrogens is 3. The van der Waals surface area contributed by atoms with Crippen molar-refractivity contribution in [2.45, 2.75) is 18.6 Å². The van der Waals surface area contributed by atoms with Gasteiger partial charge < -0.3 is 5.32 Å². The minimum atomic E-state index is -4.25. The summed E-state index contributed by atoms with van der Waals surface area (Å²) in [4.78, 5) is 3.66. The van der Waals surface area contributed by atoms with E-state index < -0.39 is 12.2 Å². The monoisotopic (exact) mass is 192 g/mol. The van der Waals surface area contributed by atoms with Crippen LogP contribution in [-0.4, -0.2) is 27.5 Å². The molecule has 0 aromatic carbocycles. The van der Waals surface area contributed by atoms with Crippen molar-refractivity contribution in [3.8, 4) is 0 Å². The molecule has 0 amide bonds. The van der Waals surface area contributed by atoms with Gasteiger partial charge in [-0.15, -0.1) is 0 Å². The van der Waals surface area contributed by atoms with E-state index in [0.717, 1.165) is 11.0 Å². The largest absolute Gasteiger partial charge is 0.411 e. The maximum atomic E-state index is 12.4. The Morgan fingerprint density at radius 1 is 1.54 bits per heavy atom. The average molecular weight is 192 g/mol. The summed E-state index contributed by atoms with van der Waals surface area (Å²) in [5.41, 5.74) is 0. The lowest BCUT2D eigenvalue weighted by atomic mass is 10.2. The molecule has 0 spiro atoms. The van der Waals surface area contributed by atoms with Gasteiger partial charge in [0.1, 0.15) is 6.33 Å². The fourth-order valence-corrected chi connectivity index (χ4v) is 1.35. The number of alkyl halides is 3. The zero-order valence-corrected chi connectivity index (χ0v) is 6.54. The van der Waals surface area contributed by atoms with Crippen molar-refractivity contribution in [1.82, 2.24) is 14.8 Å². The highest BCUT2D eigenvalue weighted by Gasteiger charge is 2.43. The molecule has 1 unspecified atom stereocenters. The zero-order chi connectivity index (χ0) is 9.47. The number of hydrogen-bond donors (Lipinski definition) is 1. The lowest BCUT2D eigenvalue weighted by molar-refractivity contribution is -0.171. The summed E-state index contributed by atoms with van der Waals surface area (Å²) in [5.74, 6) is 0.188. The van der Waals surface area contributed by atoms with Crippen molar-refractivity contribution >= 4 is 5.95 Å². The summed E-state index contributed by atoms with van der Waals surface area (Å²) in [7, 11) is 0. The Bertz CT molecular complexity index is 305. The summed E-state index contributed by atoms with van der Waals surface area (Å²) in [6.45, 7) is 0.281. The van der Waals surface area contributed by atoms with Crippen LogP contribution in [0.3, 0.4) is 0 Å². The smallest absolute Gasteiger partial charge is 0.354 e. The molecule has 0 radical (unpaired) electrons. The first-order chi connectivity index (χ1) is 6.09. The third kappa shape index (κ3) is 1.34. The molecule has 2 rings (SSSR count). The van der Waals surface area contributed by atoms with Gasteiger partial charge in [-0.25, -0.2) is 4.68 Å². The second kappa shape index (κ2) is 2.61. The Labute approximate surface area is 71.8 Å². The van der Waals surface area contributed by atoms with Gasteiger partial charge in [0, 0.05) is 6.54 Å². The van der Waals surface area contributed by atoms with E-state index in [0.29, 0.717) is 0 Å². The highest BCUT2D eigenvalue weighted by Crippen LogP contribution is 2.35. The molecule has 1 N–H and O–H groups in total. The van der Waals surface area contributed by atoms with Crippen LogP contribution in [0.25, 0.3) is 0 Å². The minimum absolute atomic E-state index is 0.000139. The SMILES string of the molecule is FC(F)(F)C1CCNc2ncnn21. The van der Waals surface area contributed by atoms with Gasteiger partial charge in [-0.1, -0.05) is 0 Å². The number of hydrogen-bond acceptors (Lipinski definition) is 3. The van der Waals surface area contributed by atoms with Crippen molar-refractivity contribution in [2.24, 2.45) is 0 Å². The Morgan fingerprint density at radius 2 is 2.31 bits per heavy atom. The third-order valence-electron chi connectivity index (χ3n) is 1.95. The second-order valence-corrected chi connectivity index (χ2v) is 2.80. The first-order valence-corrected chi connectivity index (χ1v) is 3.79. The molecule has 4 nitrogen and oxygen atoms in total. The topological polar surface area (TPSA) is 42.7 Å². The Morgan fingerprint density at radius 3 is 3.00 bits per heavy atom. The summed E-state index contributed by atoms with van der Waals surface area (Å²) < 4.78 is 38.0. The normalized spacial score (nSPS) is 22.2. The highest BCUT2D eigenvalue weighted by atomic mass is 19.4. The van der Waals surface area contributed by atoms with E-state index in [1.807, 2.05) is 0 Å². The predicted molar refractivity (Wildman–Crippen MR) is 38.2 cm³/mol. The number of anilines is 1. The fraction of sp³-hybridized carbons (Fsp3) is 0.667. The number of nitrogens with one attached hydrogen (secondary N) is 1. The lowest BCUT2D eigenvalue weighted by Gasteiger charge is -2.25. The molecule has 0 fully saturated rings. The molecule has 1 aromatic rings. The first kappa shape index (κ1) is 8.33. The van der Waals surface area contributed by atoms with Gasteiger partial charge in [-0.05, 0) is 6.42 Å². The standard InChI is InChI=1S/C6H7F3N4/c7-6(8,9)4-1-2-10-5-11-3-12-13(4)5/h3-4H,1-2H2,(H,10,11,12). The van der Waals surface area contributed by atoms with Crippen LogP contribution in [0.5, 0.6) is 0 Å². The quantitative estimate of drug-likeness (QED) is 0.671. The summed E-state index contributed by atoms with van der Waals surface area (Å²) in [5, 5.41) is 6.26. The number of fused-ring (bicyclic) bond motifs is 1. The van der Waals surface area contributed by atoms with E-state index in [1.54, 1.807) is 0 Å². The summed E-state index contributed by atoms with van der Waals surface area (Å²) in [6.07, 6.45) is -3.13. The van der Waals surface area contributed by atoms with Crippen LogP contribution < -0.4 is 5.32 Å². The molecular weight excluding hydrogens is 185 g/mol. The van der Waals surface area contributed by atoms with Gasteiger partial charge in [0.2, 0.25) is 5.95 Å². The Kier molecular flexibility index (Phi) is 1.67. The maximum absolute atomic E-state index is 12.4. The van der Waals surface area contributed by atoms with Gasteiger partial charge in [0.25, 0.3) is 0 Å². The van der Waals surface area contributed by atoms with Crippen LogP contribution in [0.1, 0.15) is 12.5 Å². The fourth-order valence-electron chi connectivity index (χ4n) is 1.35. The molecule has 1 aromatic heterocycles. The van der Waals surface area contributed by atoms with Crippen LogP contribution in [0.2, 0.25) is 0 Å². The first-order valence-electron chi connectivity index (χ1n) is 3.79. The average Bonchev–Trinajstić information content (AvgIpc) is 2.48. The molecule has 7 heteroatoms. The summed E-state index contributed by atoms with van der Waals surface area (Å²) >= 11 is 0. The van der Waals surface area contributed by atoms with E-state index in [2.05, 4.69) is 15.4 Å². The van der Waals surface area contributed by atoms with Crippen molar-refractivity contribution in [3.63, 3.8) is 0 Å². The number of rotatable bonds is 0. The van der Waals surface area contributed by atoms with Gasteiger partial charge in [-0.3, -0.25) is 0 Å². The molecule has 72 valence electrons. The van der Waals surface area contributed by atoms with E-state index in [4.69, 9.17) is 0 Å². The van der Waals surface area contributed by atoms with Gasteiger partial charge in [0.15, 0.2) is 6.04 Å². The molecule has 1 aliphatic rings. The molecule has 2 heterocycles. The minimum Gasteiger partial charge on any atom is -0.354 e. The van der Waals surface area contributed by atoms with E-state index in [1.165, 1.54) is 0 Å². The Hall–Kier alpha value is -1.27. The van der Waals surface area contributed by atoms with E-state index >= 15 is 0 Å². The van der Waals surface area contributed by atoms with Crippen molar-refractivity contribution in [2.75, 3.05) is 11.9 Å². The van der Waals surface area contributed by atoms with Crippen LogP contribution >= 0.6 is 0 Å². The van der Waals surface area contributed by atoms with Crippen LogP contribution in [0.4, 0.5) is 19.1 Å². The molecule has 0 saturated carbocycles. The summed E-state index contributed by atoms with van der Waals surface area (Å²) in [6, 6.07) is -1.54. The number of halogens is 3. The second-order valence-electron chi connectivity index (χ2n) is 2.80. The third-order valence-corrected chi connectivity index (χ3v) is 1.95. The highest BCUT2D eigenvalue weighted by molar-refractivity contribution is 5.26. The molecule has 1 atom stereocenters. The molecule has 1 aliphatic heterocycles. The van der Waals surface area contributed by atoms with Crippen LogP contribution in [-0.2, 0) is 0 Å². The molecule has 0 saturated heterocycles. The van der Waals surface area contributed by atoms with E-state index in [-0.39, 0.29) is 18.9 Å². The van der Waals surface area contributed by atoms with Crippen LogP contribution in [0, 0.1) is 0 Å². The van der Waals surface area contributed by atoms with E-state index in [9.17, 15) is 13.2 Å². The maximum Gasteiger partial charge on any atom is 0.411 e. The molecule has 13 heavy (non-hydrogen) atoms. The van der Waals surface area contributed by atoms with Gasteiger partial charge >= 0.3 is 6.18 Å². The van der Waals surface area contributed by atoms with Gasteiger partial charge in [0.05, 0.1) is 0 Å². The zero-order valence-electron chi connectivity index (χ0n) is 6.54. The predicted octanol–water partition coefficient (Wildman–Crippen LogP) is 1.20. The molecule has 0 bridgehead atoms. The number of nitrogens with zero attached hydrogens (tertiary/aromatic N) is 3. The van der Waals surface area contributed by atoms with Gasteiger partial charge in [-0.2, -0.15) is 23.3 Å². The van der Waals surface area contributed by atoms with Crippen molar-refractivity contribution < 1.29 is 13.2 Å². The van der Waals surface area contributed by atoms with Crippen molar-refractivity contribution in [3.05, 3.63) is 6.33 Å². The Balaban J connectivity index is 2.35. The van der Waals surface area contributed by atoms with Crippen molar-refractivity contribution in [1.29, 1.82) is 0 Å².